The van der Waals surface area contributed by atoms with Gasteiger partial charge in [0.1, 0.15) is 13.4 Å². The highest BCUT2D eigenvalue weighted by Crippen LogP contribution is 2.44. The maximum absolute atomic E-state index is 9.84. The van der Waals surface area contributed by atoms with Crippen molar-refractivity contribution >= 4 is 7.85 Å². The summed E-state index contributed by atoms with van der Waals surface area (Å²) in [6.07, 6.45) is 2.44. The average Bonchev–Trinajstić information content (AvgIpc) is 2.23. The fourth-order valence-electron chi connectivity index (χ4n) is 2.62. The van der Waals surface area contributed by atoms with Gasteiger partial charge < -0.3 is 14.9 Å². The van der Waals surface area contributed by atoms with E-state index in [1.165, 1.54) is 0 Å². The van der Waals surface area contributed by atoms with Gasteiger partial charge in [-0.25, -0.2) is 0 Å². The Morgan fingerprint density at radius 1 is 1.58 bits per heavy atom. The number of hydrogen-bond donors (Lipinski definition) is 2. The number of ether oxygens (including phenoxy) is 1. The van der Waals surface area contributed by atoms with Crippen LogP contribution in [0.3, 0.4) is 0 Å². The third kappa shape index (κ3) is 0.950. The Morgan fingerprint density at radius 2 is 2.33 bits per heavy atom. The van der Waals surface area contributed by atoms with Gasteiger partial charge >= 0.3 is 0 Å². The van der Waals surface area contributed by atoms with E-state index >= 15 is 0 Å². The molecule has 0 unspecified atom stereocenters. The predicted octanol–water partition coefficient (Wildman–Crippen LogP) is -1.13. The summed E-state index contributed by atoms with van der Waals surface area (Å²) in [5, 5.41) is 19.0. The molecule has 0 radical (unpaired) electrons. The van der Waals surface area contributed by atoms with Gasteiger partial charge in [0.25, 0.3) is 0 Å². The third-order valence-corrected chi connectivity index (χ3v) is 3.37. The van der Waals surface area contributed by atoms with Crippen LogP contribution >= 0.6 is 0 Å². The highest BCUT2D eigenvalue weighted by Gasteiger charge is 2.54. The smallest absolute Gasteiger partial charge is 0.139 e. The standard InChI is InChI=1S/C8H15BO3/c9-7-5-2-1-3-8(4-10,12-7)6(5)11/h5-7,10-11H,1-4,9H2/t5-,6+,7-,8-/m1/s1. The number of aliphatic hydroxyl groups excluding tert-OH is 2. The van der Waals surface area contributed by atoms with Gasteiger partial charge in [-0.15, -0.1) is 0 Å². The van der Waals surface area contributed by atoms with Crippen molar-refractivity contribution in [2.45, 2.75) is 37.0 Å². The van der Waals surface area contributed by atoms with Crippen LogP contribution in [0.15, 0.2) is 0 Å². The molecule has 1 saturated carbocycles. The molecule has 12 heavy (non-hydrogen) atoms. The Labute approximate surface area is 73.1 Å². The van der Waals surface area contributed by atoms with Crippen molar-refractivity contribution < 1.29 is 14.9 Å². The average molecular weight is 170 g/mol. The molecule has 0 aromatic carbocycles. The quantitative estimate of drug-likeness (QED) is 0.489. The van der Waals surface area contributed by atoms with Gasteiger partial charge in [0.05, 0.1) is 12.7 Å². The Hall–Kier alpha value is -0.0551. The van der Waals surface area contributed by atoms with Gasteiger partial charge in [-0.2, -0.15) is 0 Å². The lowest BCUT2D eigenvalue weighted by Gasteiger charge is -2.34. The lowest BCUT2D eigenvalue weighted by atomic mass is 9.73. The fraction of sp³-hybridized carbons (Fsp3) is 1.00. The molecule has 2 N–H and O–H groups in total. The molecule has 0 aromatic heterocycles. The van der Waals surface area contributed by atoms with E-state index in [0.29, 0.717) is 0 Å². The first-order valence-electron chi connectivity index (χ1n) is 4.66. The van der Waals surface area contributed by atoms with E-state index in [1.54, 1.807) is 0 Å². The first kappa shape index (κ1) is 8.54. The first-order chi connectivity index (χ1) is 5.69. The van der Waals surface area contributed by atoms with Crippen LogP contribution in [0.2, 0.25) is 0 Å². The Balaban J connectivity index is 2.24. The highest BCUT2D eigenvalue weighted by molar-refractivity contribution is 6.11. The summed E-state index contributed by atoms with van der Waals surface area (Å²) in [6.45, 7) is -0.0466. The van der Waals surface area contributed by atoms with Crippen molar-refractivity contribution in [1.82, 2.24) is 0 Å². The van der Waals surface area contributed by atoms with Gasteiger partial charge in [-0.3, -0.25) is 0 Å². The Bertz CT molecular complexity index is 187. The van der Waals surface area contributed by atoms with Crippen LogP contribution in [0.1, 0.15) is 19.3 Å². The zero-order chi connectivity index (χ0) is 8.77. The summed E-state index contributed by atoms with van der Waals surface area (Å²) >= 11 is 0. The van der Waals surface area contributed by atoms with Crippen LogP contribution in [0.4, 0.5) is 0 Å². The predicted molar refractivity (Wildman–Crippen MR) is 46.6 cm³/mol. The largest absolute Gasteiger partial charge is 0.393 e. The summed E-state index contributed by atoms with van der Waals surface area (Å²) < 4.78 is 5.63. The maximum atomic E-state index is 9.84. The van der Waals surface area contributed by atoms with E-state index in [9.17, 15) is 10.2 Å². The van der Waals surface area contributed by atoms with Crippen LogP contribution in [-0.2, 0) is 4.74 Å². The summed E-state index contributed by atoms with van der Waals surface area (Å²) in [5.41, 5.74) is -0.623. The molecule has 3 nitrogen and oxygen atoms in total. The molecule has 2 rings (SSSR count). The van der Waals surface area contributed by atoms with Crippen LogP contribution in [0.25, 0.3) is 0 Å². The van der Waals surface area contributed by atoms with E-state index < -0.39 is 11.7 Å². The molecule has 1 saturated heterocycles. The Kier molecular flexibility index (Phi) is 1.94. The number of rotatable bonds is 1. The van der Waals surface area contributed by atoms with Crippen LogP contribution < -0.4 is 0 Å². The number of hydrogen-bond acceptors (Lipinski definition) is 3. The van der Waals surface area contributed by atoms with E-state index in [4.69, 9.17) is 4.74 Å². The van der Waals surface area contributed by atoms with Gasteiger partial charge in [-0.1, -0.05) is 0 Å². The monoisotopic (exact) mass is 170 g/mol. The van der Waals surface area contributed by atoms with Gasteiger partial charge in [0.2, 0.25) is 0 Å². The topological polar surface area (TPSA) is 49.7 Å². The van der Waals surface area contributed by atoms with E-state index in [1.807, 2.05) is 7.85 Å². The van der Waals surface area contributed by atoms with Crippen molar-refractivity contribution in [3.63, 3.8) is 0 Å². The lowest BCUT2D eigenvalue weighted by molar-refractivity contribution is -0.109. The molecule has 2 bridgehead atoms. The second-order valence-corrected chi connectivity index (χ2v) is 4.05. The van der Waals surface area contributed by atoms with Crippen molar-refractivity contribution in [1.29, 1.82) is 0 Å². The molecule has 0 aromatic rings. The van der Waals surface area contributed by atoms with Crippen LogP contribution in [0, 0.1) is 5.92 Å². The van der Waals surface area contributed by atoms with Crippen LogP contribution in [0.5, 0.6) is 0 Å². The maximum Gasteiger partial charge on any atom is 0.139 e. The molecular formula is C8H15BO3. The normalized spacial score (nSPS) is 52.7. The molecule has 1 aliphatic carbocycles. The minimum Gasteiger partial charge on any atom is -0.393 e. The third-order valence-electron chi connectivity index (χ3n) is 3.37. The fourth-order valence-corrected chi connectivity index (χ4v) is 2.62. The van der Waals surface area contributed by atoms with Crippen molar-refractivity contribution in [3.05, 3.63) is 0 Å². The molecule has 2 aliphatic rings. The summed E-state index contributed by atoms with van der Waals surface area (Å²) in [4.78, 5) is 0. The minimum absolute atomic E-state index is 0.0466. The van der Waals surface area contributed by atoms with E-state index in [-0.39, 0.29) is 18.5 Å². The van der Waals surface area contributed by atoms with E-state index in [2.05, 4.69) is 0 Å². The van der Waals surface area contributed by atoms with Crippen molar-refractivity contribution in [3.8, 4) is 0 Å². The lowest BCUT2D eigenvalue weighted by Crippen LogP contribution is -2.47. The van der Waals surface area contributed by atoms with Crippen molar-refractivity contribution in [2.24, 2.45) is 5.92 Å². The molecule has 0 amide bonds. The SMILES string of the molecule is B[C@@H]1O[C@@]2(CO)CCC[C@@H]1[C@@H]2O. The van der Waals surface area contributed by atoms with Crippen molar-refractivity contribution in [2.75, 3.05) is 6.61 Å². The summed E-state index contributed by atoms with van der Waals surface area (Å²) in [6, 6.07) is 0.106. The summed E-state index contributed by atoms with van der Waals surface area (Å²) in [5.74, 6) is 0.242. The molecule has 4 atom stereocenters. The van der Waals surface area contributed by atoms with Gasteiger partial charge in [0, 0.05) is 11.9 Å². The highest BCUT2D eigenvalue weighted by atomic mass is 16.5. The summed E-state index contributed by atoms with van der Waals surface area (Å²) in [7, 11) is 1.98. The van der Waals surface area contributed by atoms with Gasteiger partial charge in [0.15, 0.2) is 0 Å². The minimum atomic E-state index is -0.623. The molecule has 4 heteroatoms. The molecule has 0 spiro atoms. The number of fused-ring (bicyclic) bond motifs is 2. The first-order valence-corrected chi connectivity index (χ1v) is 4.66. The molecule has 68 valence electrons. The Morgan fingerprint density at radius 3 is 2.92 bits per heavy atom. The molecular weight excluding hydrogens is 155 g/mol. The zero-order valence-electron chi connectivity index (χ0n) is 7.36. The zero-order valence-corrected chi connectivity index (χ0v) is 7.36. The molecule has 2 fully saturated rings. The molecule has 1 heterocycles. The second-order valence-electron chi connectivity index (χ2n) is 4.05. The van der Waals surface area contributed by atoms with Gasteiger partial charge in [-0.05, 0) is 19.3 Å². The van der Waals surface area contributed by atoms with Crippen LogP contribution in [-0.4, -0.2) is 42.4 Å². The molecule has 1 aliphatic heterocycles. The number of aliphatic hydroxyl groups is 2. The second kappa shape index (κ2) is 2.72. The van der Waals surface area contributed by atoms with E-state index in [0.717, 1.165) is 19.3 Å².